The zero-order valence-corrected chi connectivity index (χ0v) is 16.9. The van der Waals surface area contributed by atoms with E-state index in [1.807, 2.05) is 29.3 Å². The molecule has 1 saturated heterocycles. The molecule has 0 unspecified atom stereocenters. The molecule has 8 heteroatoms. The summed E-state index contributed by atoms with van der Waals surface area (Å²) in [6, 6.07) is 7.84. The van der Waals surface area contributed by atoms with Crippen LogP contribution in [0.15, 0.2) is 41.5 Å². The molecule has 0 saturated carbocycles. The second-order valence-electron chi connectivity index (χ2n) is 8.19. The highest BCUT2D eigenvalue weighted by Crippen LogP contribution is 2.28. The zero-order valence-electron chi connectivity index (χ0n) is 16.9. The molecule has 1 aliphatic carbocycles. The number of urea groups is 1. The summed E-state index contributed by atoms with van der Waals surface area (Å²) in [5, 5.41) is 3.22. The number of hydrogen-bond acceptors (Lipinski definition) is 4. The molecule has 4 heterocycles. The van der Waals surface area contributed by atoms with E-state index in [9.17, 15) is 9.59 Å². The van der Waals surface area contributed by atoms with Gasteiger partial charge >= 0.3 is 11.7 Å². The van der Waals surface area contributed by atoms with Crippen LogP contribution in [-0.4, -0.2) is 43.5 Å². The van der Waals surface area contributed by atoms with E-state index in [-0.39, 0.29) is 23.8 Å². The van der Waals surface area contributed by atoms with Gasteiger partial charge in [0.05, 0.1) is 17.3 Å². The first kappa shape index (κ1) is 18.8. The Morgan fingerprint density at radius 2 is 1.87 bits per heavy atom. The monoisotopic (exact) mass is 406 g/mol. The molecule has 3 aromatic rings. The summed E-state index contributed by atoms with van der Waals surface area (Å²) >= 11 is 0. The van der Waals surface area contributed by atoms with Crippen LogP contribution in [-0.2, 0) is 6.42 Å². The largest absolute Gasteiger partial charge is 0.330 e. The number of amides is 2. The van der Waals surface area contributed by atoms with E-state index in [0.29, 0.717) is 18.7 Å². The summed E-state index contributed by atoms with van der Waals surface area (Å²) in [7, 11) is 0. The number of nitrogens with zero attached hydrogens (tertiary/aromatic N) is 4. The van der Waals surface area contributed by atoms with Crippen molar-refractivity contribution in [3.8, 4) is 0 Å². The second-order valence-corrected chi connectivity index (χ2v) is 8.19. The number of likely N-dealkylation sites (tertiary alicyclic amines) is 1. The minimum Gasteiger partial charge on any atom is -0.330 e. The van der Waals surface area contributed by atoms with Gasteiger partial charge in [0, 0.05) is 31.5 Å². The van der Waals surface area contributed by atoms with Crippen LogP contribution >= 0.6 is 0 Å². The van der Waals surface area contributed by atoms with E-state index >= 15 is 0 Å². The number of H-pyrrole nitrogens is 1. The lowest BCUT2D eigenvalue weighted by atomic mass is 10.0. The van der Waals surface area contributed by atoms with Crippen LogP contribution < -0.4 is 11.0 Å². The molecule has 3 aromatic heterocycles. The standard InChI is InChI=1S/C22H26N6O2/c29-21(25-17-7-2-1-5-15-6-3-11-23-19(15)17)27-13-9-16(10-14-27)28-18-8-4-12-24-20(18)26-22(28)30/h3-4,6,8,11-12,16-17H,1-2,5,7,9-10,13-14H2,(H,25,29)(H,24,26,30)/t17-/m1/s1. The quantitative estimate of drug-likeness (QED) is 0.640. The molecule has 8 nitrogen and oxygen atoms in total. The normalized spacial score (nSPS) is 20.0. The lowest BCUT2D eigenvalue weighted by Gasteiger charge is -2.33. The highest BCUT2D eigenvalue weighted by atomic mass is 16.2. The van der Waals surface area contributed by atoms with Crippen molar-refractivity contribution in [1.29, 1.82) is 0 Å². The predicted molar refractivity (Wildman–Crippen MR) is 113 cm³/mol. The molecule has 2 amide bonds. The first-order valence-corrected chi connectivity index (χ1v) is 10.7. The van der Waals surface area contributed by atoms with Gasteiger partial charge in [-0.3, -0.25) is 14.5 Å². The maximum Gasteiger partial charge on any atom is 0.327 e. The third-order valence-electron chi connectivity index (χ3n) is 6.35. The SMILES string of the molecule is O=C(N[C@@H]1CCCCc2cccnc21)N1CCC(n2c(=O)[nH]c3ncccc32)CC1. The summed E-state index contributed by atoms with van der Waals surface area (Å²) in [5.74, 6) is 0. The van der Waals surface area contributed by atoms with Crippen LogP contribution in [0.5, 0.6) is 0 Å². The van der Waals surface area contributed by atoms with Crippen molar-refractivity contribution >= 4 is 17.2 Å². The Balaban J connectivity index is 1.26. The number of hydrogen-bond donors (Lipinski definition) is 2. The van der Waals surface area contributed by atoms with Crippen molar-refractivity contribution in [1.82, 2.24) is 29.7 Å². The molecule has 156 valence electrons. The Hall–Kier alpha value is -3.16. The van der Waals surface area contributed by atoms with E-state index in [1.165, 1.54) is 5.56 Å². The topological polar surface area (TPSA) is 95.9 Å². The molecule has 2 aliphatic rings. The van der Waals surface area contributed by atoms with Gasteiger partial charge in [0.15, 0.2) is 5.65 Å². The maximum atomic E-state index is 13.0. The Kier molecular flexibility index (Phi) is 4.98. The van der Waals surface area contributed by atoms with Gasteiger partial charge < -0.3 is 10.2 Å². The summed E-state index contributed by atoms with van der Waals surface area (Å²) in [4.78, 5) is 38.9. The highest BCUT2D eigenvalue weighted by molar-refractivity contribution is 5.75. The minimum atomic E-state index is -0.132. The molecule has 0 spiro atoms. The molecule has 2 N–H and O–H groups in total. The number of aromatic nitrogens is 4. The van der Waals surface area contributed by atoms with E-state index in [0.717, 1.165) is 49.7 Å². The van der Waals surface area contributed by atoms with Gasteiger partial charge in [-0.15, -0.1) is 0 Å². The molecule has 1 atom stereocenters. The van der Waals surface area contributed by atoms with Crippen LogP contribution in [0.25, 0.3) is 11.2 Å². The average molecular weight is 406 g/mol. The van der Waals surface area contributed by atoms with Crippen LogP contribution in [0.1, 0.15) is 55.4 Å². The summed E-state index contributed by atoms with van der Waals surface area (Å²) in [6.07, 6.45) is 9.13. The number of pyridine rings is 2. The fraction of sp³-hybridized carbons (Fsp3) is 0.455. The van der Waals surface area contributed by atoms with Gasteiger partial charge in [0.25, 0.3) is 0 Å². The summed E-state index contributed by atoms with van der Waals surface area (Å²) < 4.78 is 1.79. The summed E-state index contributed by atoms with van der Waals surface area (Å²) in [6.45, 7) is 1.25. The fourth-order valence-electron chi connectivity index (χ4n) is 4.81. The Labute approximate surface area is 174 Å². The molecule has 1 fully saturated rings. The Bertz CT molecular complexity index is 1110. The lowest BCUT2D eigenvalue weighted by molar-refractivity contribution is 0.167. The first-order chi connectivity index (χ1) is 14.7. The fourth-order valence-corrected chi connectivity index (χ4v) is 4.81. The molecular weight excluding hydrogens is 380 g/mol. The van der Waals surface area contributed by atoms with E-state index < -0.39 is 0 Å². The molecule has 5 rings (SSSR count). The van der Waals surface area contributed by atoms with Gasteiger partial charge in [0.2, 0.25) is 0 Å². The van der Waals surface area contributed by atoms with Crippen molar-refractivity contribution in [3.05, 3.63) is 58.4 Å². The van der Waals surface area contributed by atoms with Crippen LogP contribution in [0, 0.1) is 0 Å². The smallest absolute Gasteiger partial charge is 0.327 e. The number of rotatable bonds is 2. The number of fused-ring (bicyclic) bond motifs is 2. The van der Waals surface area contributed by atoms with Gasteiger partial charge in [0.1, 0.15) is 0 Å². The number of carbonyl (C=O) groups is 1. The number of piperidine rings is 1. The lowest BCUT2D eigenvalue weighted by Crippen LogP contribution is -2.46. The third-order valence-corrected chi connectivity index (χ3v) is 6.35. The van der Waals surface area contributed by atoms with Crippen LogP contribution in [0.3, 0.4) is 0 Å². The van der Waals surface area contributed by atoms with Crippen LogP contribution in [0.2, 0.25) is 0 Å². The van der Waals surface area contributed by atoms with Gasteiger partial charge in [-0.2, -0.15) is 0 Å². The molecule has 0 aromatic carbocycles. The molecule has 30 heavy (non-hydrogen) atoms. The second kappa shape index (κ2) is 7.93. The van der Waals surface area contributed by atoms with Crippen molar-refractivity contribution in [2.45, 2.75) is 50.6 Å². The van der Waals surface area contributed by atoms with E-state index in [2.05, 4.69) is 26.3 Å². The molecule has 0 bridgehead atoms. The molecular formula is C22H26N6O2. The number of imidazole rings is 1. The third kappa shape index (κ3) is 3.46. The van der Waals surface area contributed by atoms with Crippen molar-refractivity contribution in [3.63, 3.8) is 0 Å². The van der Waals surface area contributed by atoms with Crippen molar-refractivity contribution in [2.24, 2.45) is 0 Å². The van der Waals surface area contributed by atoms with Crippen molar-refractivity contribution in [2.75, 3.05) is 13.1 Å². The molecule has 0 radical (unpaired) electrons. The minimum absolute atomic E-state index is 0.0313. The zero-order chi connectivity index (χ0) is 20.5. The van der Waals surface area contributed by atoms with Crippen LogP contribution in [0.4, 0.5) is 4.79 Å². The summed E-state index contributed by atoms with van der Waals surface area (Å²) in [5.41, 5.74) is 3.56. The van der Waals surface area contributed by atoms with Crippen molar-refractivity contribution < 1.29 is 4.79 Å². The highest BCUT2D eigenvalue weighted by Gasteiger charge is 2.28. The first-order valence-electron chi connectivity index (χ1n) is 10.7. The van der Waals surface area contributed by atoms with Gasteiger partial charge in [-0.1, -0.05) is 12.5 Å². The number of nitrogens with one attached hydrogen (secondary N) is 2. The van der Waals surface area contributed by atoms with E-state index in [4.69, 9.17) is 0 Å². The predicted octanol–water partition coefficient (Wildman–Crippen LogP) is 2.93. The average Bonchev–Trinajstić information content (AvgIpc) is 2.98. The van der Waals surface area contributed by atoms with Gasteiger partial charge in [-0.05, 0) is 55.9 Å². The molecule has 1 aliphatic heterocycles. The number of aryl methyl sites for hydroxylation is 1. The maximum absolute atomic E-state index is 13.0. The number of carbonyl (C=O) groups excluding carboxylic acids is 1. The number of aromatic amines is 1. The Morgan fingerprint density at radius 1 is 1.07 bits per heavy atom. The van der Waals surface area contributed by atoms with E-state index in [1.54, 1.807) is 10.8 Å². The Morgan fingerprint density at radius 3 is 2.73 bits per heavy atom. The van der Waals surface area contributed by atoms with Gasteiger partial charge in [-0.25, -0.2) is 14.6 Å².